The number of methoxy groups -OCH3 is 1. The Hall–Kier alpha value is -0.840. The number of nitrogens with zero attached hydrogens (tertiary/aromatic N) is 1. The Morgan fingerprint density at radius 3 is 2.79 bits per heavy atom. The van der Waals surface area contributed by atoms with Crippen molar-refractivity contribution in [3.8, 4) is 0 Å². The number of hydrogen-bond donors (Lipinski definition) is 1. The first kappa shape index (κ1) is 11.2. The van der Waals surface area contributed by atoms with E-state index in [-0.39, 0.29) is 6.61 Å². The molecule has 1 rings (SSSR count). The summed E-state index contributed by atoms with van der Waals surface area (Å²) in [4.78, 5) is 2.00. The van der Waals surface area contributed by atoms with Crippen molar-refractivity contribution < 1.29 is 14.3 Å². The lowest BCUT2D eigenvalue weighted by Gasteiger charge is -2.12. The van der Waals surface area contributed by atoms with Gasteiger partial charge in [0.1, 0.15) is 18.1 Å². The second-order valence-electron chi connectivity index (χ2n) is 3.26. The molecule has 1 N–H and O–H groups in total. The third kappa shape index (κ3) is 3.49. The van der Waals surface area contributed by atoms with Gasteiger partial charge in [0.25, 0.3) is 0 Å². The van der Waals surface area contributed by atoms with Gasteiger partial charge in [0, 0.05) is 13.7 Å². The van der Waals surface area contributed by atoms with E-state index >= 15 is 0 Å². The molecule has 0 amide bonds. The van der Waals surface area contributed by atoms with Crippen LogP contribution in [0.4, 0.5) is 0 Å². The molecule has 0 bridgehead atoms. The zero-order valence-corrected chi connectivity index (χ0v) is 8.69. The molecule has 1 aromatic heterocycles. The van der Waals surface area contributed by atoms with Crippen molar-refractivity contribution in [2.75, 3.05) is 27.3 Å². The Morgan fingerprint density at radius 1 is 1.43 bits per heavy atom. The summed E-state index contributed by atoms with van der Waals surface area (Å²) in [6.07, 6.45) is 0. The van der Waals surface area contributed by atoms with Crippen LogP contribution in [0.15, 0.2) is 16.5 Å². The van der Waals surface area contributed by atoms with Crippen molar-refractivity contribution in [2.24, 2.45) is 0 Å². The first-order valence-electron chi connectivity index (χ1n) is 4.62. The van der Waals surface area contributed by atoms with E-state index in [9.17, 15) is 0 Å². The van der Waals surface area contributed by atoms with Gasteiger partial charge in [-0.3, -0.25) is 4.90 Å². The minimum absolute atomic E-state index is 0.169. The fourth-order valence-electron chi connectivity index (χ4n) is 1.24. The minimum Gasteiger partial charge on any atom is -0.462 e. The standard InChI is InChI=1S/C10H17NO3/c1-11(5-6-12)7-9-3-4-10(14-9)8-13-2/h3-4,12H,5-8H2,1-2H3. The molecule has 0 aromatic carbocycles. The quantitative estimate of drug-likeness (QED) is 0.737. The van der Waals surface area contributed by atoms with Crippen molar-refractivity contribution in [1.82, 2.24) is 4.90 Å². The lowest BCUT2D eigenvalue weighted by Crippen LogP contribution is -2.21. The van der Waals surface area contributed by atoms with Crippen LogP contribution >= 0.6 is 0 Å². The van der Waals surface area contributed by atoms with Gasteiger partial charge in [0.05, 0.1) is 13.2 Å². The normalized spacial score (nSPS) is 11.1. The topological polar surface area (TPSA) is 45.8 Å². The van der Waals surface area contributed by atoms with Crippen molar-refractivity contribution in [3.63, 3.8) is 0 Å². The molecular formula is C10H17NO3. The second-order valence-corrected chi connectivity index (χ2v) is 3.26. The molecule has 0 fully saturated rings. The number of rotatable bonds is 6. The van der Waals surface area contributed by atoms with Crippen molar-refractivity contribution in [2.45, 2.75) is 13.2 Å². The lowest BCUT2D eigenvalue weighted by atomic mass is 10.4. The van der Waals surface area contributed by atoms with Crippen LogP contribution in [-0.4, -0.2) is 37.3 Å². The highest BCUT2D eigenvalue weighted by molar-refractivity contribution is 5.06. The van der Waals surface area contributed by atoms with Crippen LogP contribution in [0.5, 0.6) is 0 Å². The van der Waals surface area contributed by atoms with Crippen LogP contribution in [0.1, 0.15) is 11.5 Å². The van der Waals surface area contributed by atoms with Crippen molar-refractivity contribution in [1.29, 1.82) is 0 Å². The van der Waals surface area contributed by atoms with Gasteiger partial charge in [-0.1, -0.05) is 0 Å². The maximum atomic E-state index is 8.71. The lowest BCUT2D eigenvalue weighted by molar-refractivity contribution is 0.158. The first-order chi connectivity index (χ1) is 6.76. The molecule has 0 aliphatic rings. The zero-order valence-electron chi connectivity index (χ0n) is 8.69. The summed E-state index contributed by atoms with van der Waals surface area (Å²) in [6.45, 7) is 2.04. The summed E-state index contributed by atoms with van der Waals surface area (Å²) >= 11 is 0. The summed E-state index contributed by atoms with van der Waals surface area (Å²) in [5.74, 6) is 1.73. The number of aliphatic hydroxyl groups is 1. The molecule has 0 unspecified atom stereocenters. The number of likely N-dealkylation sites (N-methyl/N-ethyl adjacent to an activating group) is 1. The number of ether oxygens (including phenoxy) is 1. The molecule has 0 aliphatic heterocycles. The summed E-state index contributed by atoms with van der Waals surface area (Å²) < 4.78 is 10.4. The smallest absolute Gasteiger partial charge is 0.129 e. The van der Waals surface area contributed by atoms with Crippen LogP contribution in [0, 0.1) is 0 Å². The molecule has 0 spiro atoms. The average molecular weight is 199 g/mol. The highest BCUT2D eigenvalue weighted by Gasteiger charge is 2.04. The van der Waals surface area contributed by atoms with Gasteiger partial charge in [-0.15, -0.1) is 0 Å². The molecule has 1 aromatic rings. The Bertz CT molecular complexity index is 260. The van der Waals surface area contributed by atoms with E-state index in [0.717, 1.165) is 11.5 Å². The largest absolute Gasteiger partial charge is 0.462 e. The molecule has 0 saturated heterocycles. The highest BCUT2D eigenvalue weighted by Crippen LogP contribution is 2.10. The van der Waals surface area contributed by atoms with Crippen molar-refractivity contribution >= 4 is 0 Å². The third-order valence-electron chi connectivity index (χ3n) is 1.91. The third-order valence-corrected chi connectivity index (χ3v) is 1.91. The van der Waals surface area contributed by atoms with Gasteiger partial charge >= 0.3 is 0 Å². The molecule has 1 heterocycles. The molecule has 4 heteroatoms. The van der Waals surface area contributed by atoms with Crippen LogP contribution in [-0.2, 0) is 17.9 Å². The first-order valence-corrected chi connectivity index (χ1v) is 4.62. The fraction of sp³-hybridized carbons (Fsp3) is 0.600. The SMILES string of the molecule is COCc1ccc(CN(C)CCO)o1. The van der Waals surface area contributed by atoms with Gasteiger partial charge in [0.2, 0.25) is 0 Å². The van der Waals surface area contributed by atoms with Crippen molar-refractivity contribution in [3.05, 3.63) is 23.7 Å². The van der Waals surface area contributed by atoms with E-state index in [0.29, 0.717) is 19.7 Å². The fourth-order valence-corrected chi connectivity index (χ4v) is 1.24. The Labute approximate surface area is 84.1 Å². The van der Waals surface area contributed by atoms with E-state index in [2.05, 4.69) is 0 Å². The Balaban J connectivity index is 2.42. The maximum absolute atomic E-state index is 8.71. The molecule has 14 heavy (non-hydrogen) atoms. The van der Waals surface area contributed by atoms with E-state index in [4.69, 9.17) is 14.3 Å². The summed E-state index contributed by atoms with van der Waals surface area (Å²) in [6, 6.07) is 3.84. The molecule has 0 radical (unpaired) electrons. The molecule has 80 valence electrons. The molecular weight excluding hydrogens is 182 g/mol. The maximum Gasteiger partial charge on any atom is 0.129 e. The Kier molecular flexibility index (Phi) is 4.65. The average Bonchev–Trinajstić information content (AvgIpc) is 2.53. The van der Waals surface area contributed by atoms with Gasteiger partial charge in [0.15, 0.2) is 0 Å². The van der Waals surface area contributed by atoms with Gasteiger partial charge < -0.3 is 14.3 Å². The Morgan fingerprint density at radius 2 is 2.14 bits per heavy atom. The zero-order chi connectivity index (χ0) is 10.4. The summed E-state index contributed by atoms with van der Waals surface area (Å²) in [5.41, 5.74) is 0. The second kappa shape index (κ2) is 5.80. The molecule has 0 aliphatic carbocycles. The van der Waals surface area contributed by atoms with Crippen LogP contribution < -0.4 is 0 Å². The number of hydrogen-bond acceptors (Lipinski definition) is 4. The summed E-state index contributed by atoms with van der Waals surface area (Å²) in [7, 11) is 3.58. The van der Waals surface area contributed by atoms with Crippen LogP contribution in [0.2, 0.25) is 0 Å². The molecule has 0 atom stereocenters. The predicted molar refractivity (Wildman–Crippen MR) is 52.8 cm³/mol. The molecule has 4 nitrogen and oxygen atoms in total. The van der Waals surface area contributed by atoms with E-state index in [1.807, 2.05) is 24.1 Å². The monoisotopic (exact) mass is 199 g/mol. The van der Waals surface area contributed by atoms with E-state index in [1.165, 1.54) is 0 Å². The number of aliphatic hydroxyl groups excluding tert-OH is 1. The number of furan rings is 1. The highest BCUT2D eigenvalue weighted by atomic mass is 16.5. The predicted octanol–water partition coefficient (Wildman–Crippen LogP) is 0.850. The minimum atomic E-state index is 0.169. The molecule has 0 saturated carbocycles. The van der Waals surface area contributed by atoms with Gasteiger partial charge in [-0.2, -0.15) is 0 Å². The van der Waals surface area contributed by atoms with E-state index in [1.54, 1.807) is 7.11 Å². The van der Waals surface area contributed by atoms with E-state index < -0.39 is 0 Å². The summed E-state index contributed by atoms with van der Waals surface area (Å²) in [5, 5.41) is 8.71. The van der Waals surface area contributed by atoms with Crippen LogP contribution in [0.25, 0.3) is 0 Å². The van der Waals surface area contributed by atoms with Crippen LogP contribution in [0.3, 0.4) is 0 Å². The van der Waals surface area contributed by atoms with Gasteiger partial charge in [-0.25, -0.2) is 0 Å². The van der Waals surface area contributed by atoms with Gasteiger partial charge in [-0.05, 0) is 19.2 Å².